The van der Waals surface area contributed by atoms with Crippen LogP contribution >= 0.6 is 18.7 Å². The minimum absolute atomic E-state index is 0.0337. The Balaban J connectivity index is 1.92. The third-order valence-electron chi connectivity index (χ3n) is 7.63. The van der Waals surface area contributed by atoms with Gasteiger partial charge in [0.1, 0.15) is 4.88 Å². The number of carboxylic acids is 1. The molecule has 2 aliphatic rings. The van der Waals surface area contributed by atoms with E-state index < -0.39 is 13.3 Å². The third kappa shape index (κ3) is 7.94. The van der Waals surface area contributed by atoms with Crippen LogP contribution in [0.1, 0.15) is 107 Å². The first-order valence-electron chi connectivity index (χ1n) is 13.7. The van der Waals surface area contributed by atoms with E-state index in [1.54, 1.807) is 17.6 Å². The van der Waals surface area contributed by atoms with Crippen molar-refractivity contribution in [3.8, 4) is 11.8 Å². The first-order valence-corrected chi connectivity index (χ1v) is 16.6. The summed E-state index contributed by atoms with van der Waals surface area (Å²) in [5, 5.41) is 10.1. The van der Waals surface area contributed by atoms with Crippen LogP contribution in [-0.4, -0.2) is 41.5 Å². The van der Waals surface area contributed by atoms with Gasteiger partial charge in [0.05, 0.1) is 16.7 Å². The van der Waals surface area contributed by atoms with Crippen molar-refractivity contribution in [3.63, 3.8) is 0 Å². The minimum atomic E-state index is -2.69. The Morgan fingerprint density at radius 1 is 1.11 bits per heavy atom. The molecular formula is C29H44NO5PS. The molecule has 0 aliphatic heterocycles. The fourth-order valence-corrected chi connectivity index (χ4v) is 6.94. The maximum atomic E-state index is 14.0. The Morgan fingerprint density at radius 2 is 1.70 bits per heavy atom. The Kier molecular flexibility index (Phi) is 9.76. The van der Waals surface area contributed by atoms with E-state index in [1.807, 2.05) is 34.6 Å². The van der Waals surface area contributed by atoms with Gasteiger partial charge in [0.15, 0.2) is 0 Å². The van der Waals surface area contributed by atoms with Crippen LogP contribution in [0.15, 0.2) is 6.07 Å². The Bertz CT molecular complexity index is 1080. The van der Waals surface area contributed by atoms with Crippen LogP contribution in [0.25, 0.3) is 0 Å². The summed E-state index contributed by atoms with van der Waals surface area (Å²) in [6.07, 6.45) is 6.39. The van der Waals surface area contributed by atoms with Gasteiger partial charge in [-0.3, -0.25) is 9.36 Å². The summed E-state index contributed by atoms with van der Waals surface area (Å²) in [6, 6.07) is 1.69. The summed E-state index contributed by atoms with van der Waals surface area (Å²) >= 11 is 1.15. The lowest BCUT2D eigenvalue weighted by molar-refractivity contribution is -0.124. The van der Waals surface area contributed by atoms with Crippen molar-refractivity contribution in [1.82, 2.24) is 0 Å². The molecule has 37 heavy (non-hydrogen) atoms. The second kappa shape index (κ2) is 12.1. The van der Waals surface area contributed by atoms with Crippen molar-refractivity contribution in [1.29, 1.82) is 0 Å². The number of carbonyl (C=O) groups is 2. The fourth-order valence-electron chi connectivity index (χ4n) is 5.05. The molecule has 2 fully saturated rings. The van der Waals surface area contributed by atoms with E-state index in [9.17, 15) is 19.3 Å². The van der Waals surface area contributed by atoms with Crippen molar-refractivity contribution >= 4 is 36.3 Å². The quantitative estimate of drug-likeness (QED) is 0.279. The average molecular weight is 550 g/mol. The summed E-state index contributed by atoms with van der Waals surface area (Å²) in [7, 11) is -2.69. The van der Waals surface area contributed by atoms with Crippen LogP contribution in [0.3, 0.4) is 0 Å². The molecule has 1 atom stereocenters. The number of amides is 1. The lowest BCUT2D eigenvalue weighted by atomic mass is 9.81. The zero-order chi connectivity index (χ0) is 27.5. The predicted octanol–water partition coefficient (Wildman–Crippen LogP) is 7.65. The number of anilines is 1. The van der Waals surface area contributed by atoms with Crippen LogP contribution in [-0.2, 0) is 13.9 Å². The number of hydrogen-bond donors (Lipinski definition) is 1. The first-order chi connectivity index (χ1) is 17.2. The fraction of sp³-hybridized carbons (Fsp3) is 0.724. The van der Waals surface area contributed by atoms with Gasteiger partial charge in [0, 0.05) is 29.7 Å². The Morgan fingerprint density at radius 3 is 2.22 bits per heavy atom. The number of aromatic carboxylic acids is 1. The molecule has 0 spiro atoms. The van der Waals surface area contributed by atoms with Crippen LogP contribution in [0, 0.1) is 29.1 Å². The topological polar surface area (TPSA) is 83.9 Å². The molecule has 1 amide bonds. The van der Waals surface area contributed by atoms with Gasteiger partial charge < -0.3 is 14.5 Å². The lowest BCUT2D eigenvalue weighted by Crippen LogP contribution is -2.47. The maximum absolute atomic E-state index is 14.0. The number of nitrogens with zero attached hydrogens (tertiary/aromatic N) is 1. The standard InChI is InChI=1S/C29H44NO5PS/c1-19(2)36(7,34)35-23-14-12-22(13-15-23)30(27(31)21-10-8-20(3)9-11-21)25-18-24(16-17-29(4,5)6)37-26(25)28(32)33/h18-23H,8-15H2,1-7H3,(H,32,33). The van der Waals surface area contributed by atoms with Crippen molar-refractivity contribution in [2.24, 2.45) is 17.3 Å². The van der Waals surface area contributed by atoms with E-state index in [2.05, 4.69) is 18.8 Å². The molecule has 0 bridgehead atoms. The highest BCUT2D eigenvalue weighted by Gasteiger charge is 2.38. The molecule has 8 heteroatoms. The van der Waals surface area contributed by atoms with Gasteiger partial charge in [-0.1, -0.05) is 32.6 Å². The SMILES string of the molecule is CC1CCC(C(=O)N(c2cc(C#CC(C)(C)C)sc2C(=O)O)C2CCC(OP(C)(=O)C(C)C)CC2)CC1. The molecule has 6 nitrogen and oxygen atoms in total. The molecule has 1 unspecified atom stereocenters. The van der Waals surface area contributed by atoms with Gasteiger partial charge >= 0.3 is 5.97 Å². The van der Waals surface area contributed by atoms with E-state index >= 15 is 0 Å². The molecule has 1 aromatic heterocycles. The van der Waals surface area contributed by atoms with E-state index in [-0.39, 0.29) is 39.9 Å². The van der Waals surface area contributed by atoms with Gasteiger partial charge in [-0.2, -0.15) is 0 Å². The third-order valence-corrected chi connectivity index (χ3v) is 11.3. The number of hydrogen-bond acceptors (Lipinski definition) is 5. The highest BCUT2D eigenvalue weighted by Crippen LogP contribution is 2.51. The summed E-state index contributed by atoms with van der Waals surface area (Å²) < 4.78 is 18.9. The molecule has 2 aliphatic carbocycles. The van der Waals surface area contributed by atoms with Gasteiger partial charge in [-0.25, -0.2) is 4.79 Å². The van der Waals surface area contributed by atoms with Gasteiger partial charge in [-0.05, 0) is 84.1 Å². The van der Waals surface area contributed by atoms with Gasteiger partial charge in [0.2, 0.25) is 13.3 Å². The molecular weight excluding hydrogens is 505 g/mol. The smallest absolute Gasteiger partial charge is 0.348 e. The van der Waals surface area contributed by atoms with Crippen molar-refractivity contribution in [2.75, 3.05) is 11.6 Å². The first kappa shape index (κ1) is 29.9. The molecule has 2 saturated carbocycles. The highest BCUT2D eigenvalue weighted by molar-refractivity contribution is 7.58. The monoisotopic (exact) mass is 549 g/mol. The van der Waals surface area contributed by atoms with Gasteiger partial charge in [0.25, 0.3) is 0 Å². The number of carbonyl (C=O) groups excluding carboxylic acids is 1. The van der Waals surface area contributed by atoms with Crippen LogP contribution < -0.4 is 4.90 Å². The Hall–Kier alpha value is -1.61. The molecule has 0 saturated heterocycles. The summed E-state index contributed by atoms with van der Waals surface area (Å²) in [6.45, 7) is 13.8. The van der Waals surface area contributed by atoms with Crippen LogP contribution in [0.2, 0.25) is 0 Å². The van der Waals surface area contributed by atoms with E-state index in [0.717, 1.165) is 37.0 Å². The summed E-state index contributed by atoms with van der Waals surface area (Å²) in [4.78, 5) is 29.0. The van der Waals surface area contributed by atoms with Crippen LogP contribution in [0.4, 0.5) is 5.69 Å². The zero-order valence-electron chi connectivity index (χ0n) is 23.5. The van der Waals surface area contributed by atoms with Crippen LogP contribution in [0.5, 0.6) is 0 Å². The normalized spacial score (nSPS) is 26.2. The second-order valence-electron chi connectivity index (χ2n) is 12.3. The molecule has 0 aromatic carbocycles. The largest absolute Gasteiger partial charge is 0.477 e. The highest BCUT2D eigenvalue weighted by atomic mass is 32.1. The lowest BCUT2D eigenvalue weighted by Gasteiger charge is -2.40. The second-order valence-corrected chi connectivity index (χ2v) is 16.4. The van der Waals surface area contributed by atoms with Crippen molar-refractivity contribution in [2.45, 2.75) is 111 Å². The van der Waals surface area contributed by atoms with E-state index in [1.165, 1.54) is 0 Å². The predicted molar refractivity (Wildman–Crippen MR) is 152 cm³/mol. The summed E-state index contributed by atoms with van der Waals surface area (Å²) in [5.74, 6) is 5.87. The van der Waals surface area contributed by atoms with Gasteiger partial charge in [-0.15, -0.1) is 11.3 Å². The zero-order valence-corrected chi connectivity index (χ0v) is 25.2. The number of rotatable bonds is 7. The van der Waals surface area contributed by atoms with Crippen molar-refractivity contribution < 1.29 is 23.8 Å². The molecule has 206 valence electrons. The maximum Gasteiger partial charge on any atom is 0.348 e. The molecule has 1 heterocycles. The Labute approximate surface area is 227 Å². The molecule has 1 aromatic rings. The molecule has 3 rings (SSSR count). The van der Waals surface area contributed by atoms with Crippen molar-refractivity contribution in [3.05, 3.63) is 15.8 Å². The molecule has 0 radical (unpaired) electrons. The molecule has 1 N–H and O–H groups in total. The average Bonchev–Trinajstić information content (AvgIpc) is 3.23. The van der Waals surface area contributed by atoms with E-state index in [0.29, 0.717) is 42.2 Å². The number of thiophene rings is 1. The van der Waals surface area contributed by atoms with E-state index in [4.69, 9.17) is 4.52 Å². The number of carboxylic acid groups (broad SMARTS) is 1. The summed E-state index contributed by atoms with van der Waals surface area (Å²) in [5.41, 5.74) is 0.232. The minimum Gasteiger partial charge on any atom is -0.477 e.